The molecule has 5 heteroatoms. The van der Waals surface area contributed by atoms with Gasteiger partial charge in [0.2, 0.25) is 0 Å². The Morgan fingerprint density at radius 2 is 1.73 bits per heavy atom. The zero-order valence-corrected chi connectivity index (χ0v) is 9.67. The van der Waals surface area contributed by atoms with Gasteiger partial charge in [0.15, 0.2) is 0 Å². The molecule has 0 radical (unpaired) electrons. The topological polar surface area (TPSA) is 15.3 Å². The van der Waals surface area contributed by atoms with Gasteiger partial charge in [-0.25, -0.2) is 0 Å². The lowest BCUT2D eigenvalue weighted by molar-refractivity contribution is 0.589. The van der Waals surface area contributed by atoms with Crippen LogP contribution in [-0.4, -0.2) is 26.0 Å². The smallest absolute Gasteiger partial charge is 0.0745 e. The van der Waals surface area contributed by atoms with Crippen LogP contribution in [0.25, 0.3) is 0 Å². The van der Waals surface area contributed by atoms with E-state index in [2.05, 4.69) is 0 Å². The molecule has 0 saturated carbocycles. The number of hydrogen-bond acceptors (Lipinski definition) is 2. The molecule has 1 aromatic carbocycles. The standard InChI is InChI=1S/C10H12Cl2N2.ClH/c11-8-2-1-3-9(12)10(8)14-6-4-13-5-7-14;/h1-3,13H,4-7H2;1H/i4D2,5D2,6D2,7D2;. The summed E-state index contributed by atoms with van der Waals surface area (Å²) in [5, 5.41) is 1.51. The van der Waals surface area contributed by atoms with Crippen molar-refractivity contribution in [1.29, 1.82) is 0 Å². The molecule has 0 bridgehead atoms. The molecule has 0 amide bonds. The number of anilines is 1. The Morgan fingerprint density at radius 1 is 1.20 bits per heavy atom. The van der Waals surface area contributed by atoms with E-state index in [1.54, 1.807) is 5.32 Å². The molecule has 15 heavy (non-hydrogen) atoms. The van der Waals surface area contributed by atoms with E-state index in [0.717, 1.165) is 0 Å². The highest BCUT2D eigenvalue weighted by molar-refractivity contribution is 6.39. The number of nitrogens with zero attached hydrogens (tertiary/aromatic N) is 1. The van der Waals surface area contributed by atoms with Crippen LogP contribution < -0.4 is 10.2 Å². The summed E-state index contributed by atoms with van der Waals surface area (Å²) in [7, 11) is 0. The molecule has 0 aromatic heterocycles. The predicted octanol–water partition coefficient (Wildman–Crippen LogP) is 2.82. The summed E-state index contributed by atoms with van der Waals surface area (Å²) in [5.74, 6) is 0. The van der Waals surface area contributed by atoms with Gasteiger partial charge in [0.25, 0.3) is 0 Å². The Balaban J connectivity index is 0.00000264. The molecule has 0 spiro atoms. The van der Waals surface area contributed by atoms with E-state index in [-0.39, 0.29) is 28.1 Å². The van der Waals surface area contributed by atoms with Crippen molar-refractivity contribution in [2.75, 3.05) is 30.9 Å². The van der Waals surface area contributed by atoms with Crippen LogP contribution >= 0.6 is 35.6 Å². The van der Waals surface area contributed by atoms with Gasteiger partial charge in [-0.1, -0.05) is 29.3 Å². The van der Waals surface area contributed by atoms with E-state index in [9.17, 15) is 0 Å². The third-order valence-corrected chi connectivity index (χ3v) is 2.23. The van der Waals surface area contributed by atoms with Gasteiger partial charge in [-0.15, -0.1) is 12.4 Å². The molecule has 84 valence electrons. The van der Waals surface area contributed by atoms with E-state index in [1.165, 1.54) is 18.2 Å². The van der Waals surface area contributed by atoms with Crippen LogP contribution in [0.15, 0.2) is 18.2 Å². The Morgan fingerprint density at radius 3 is 2.27 bits per heavy atom. The van der Waals surface area contributed by atoms with Crippen molar-refractivity contribution in [3.63, 3.8) is 0 Å². The van der Waals surface area contributed by atoms with Gasteiger partial charge in [0.05, 0.1) is 21.2 Å². The quantitative estimate of drug-likeness (QED) is 0.848. The van der Waals surface area contributed by atoms with Crippen LogP contribution in [0.4, 0.5) is 5.69 Å². The molecule has 1 aliphatic heterocycles. The lowest BCUT2D eigenvalue weighted by atomic mass is 10.2. The zero-order chi connectivity index (χ0) is 17.1. The minimum atomic E-state index is -2.96. The molecular weight excluding hydrogens is 254 g/mol. The van der Waals surface area contributed by atoms with Gasteiger partial charge >= 0.3 is 0 Å². The number of para-hydroxylation sites is 1. The van der Waals surface area contributed by atoms with E-state index in [0.29, 0.717) is 4.90 Å². The summed E-state index contributed by atoms with van der Waals surface area (Å²) in [6, 6.07) is 4.13. The van der Waals surface area contributed by atoms with E-state index in [1.807, 2.05) is 0 Å². The van der Waals surface area contributed by atoms with Gasteiger partial charge in [-0.3, -0.25) is 0 Å². The van der Waals surface area contributed by atoms with Crippen molar-refractivity contribution in [3.8, 4) is 0 Å². The number of nitrogens with one attached hydrogen (secondary N) is 1. The van der Waals surface area contributed by atoms with Gasteiger partial charge in [-0.05, 0) is 12.1 Å². The fourth-order valence-electron chi connectivity index (χ4n) is 1.04. The maximum Gasteiger partial charge on any atom is 0.0745 e. The fourth-order valence-corrected chi connectivity index (χ4v) is 1.61. The van der Waals surface area contributed by atoms with Crippen molar-refractivity contribution in [1.82, 2.24) is 5.32 Å². The van der Waals surface area contributed by atoms with Crippen LogP contribution in [0.1, 0.15) is 11.0 Å². The maximum atomic E-state index is 7.98. The third kappa shape index (κ3) is 2.91. The summed E-state index contributed by atoms with van der Waals surface area (Å²) in [6.45, 7) is -11.7. The minimum Gasteiger partial charge on any atom is -0.367 e. The van der Waals surface area contributed by atoms with E-state index >= 15 is 0 Å². The molecule has 1 aromatic rings. The molecule has 1 saturated heterocycles. The first kappa shape index (κ1) is 5.46. The summed E-state index contributed by atoms with van der Waals surface area (Å²) >= 11 is 12.0. The first-order valence-corrected chi connectivity index (χ1v) is 4.55. The Kier molecular flexibility index (Phi) is 2.11. The summed E-state index contributed by atoms with van der Waals surface area (Å²) < 4.78 is 62.8. The molecule has 1 fully saturated rings. The second kappa shape index (κ2) is 5.80. The fraction of sp³-hybridized carbons (Fsp3) is 0.400. The monoisotopic (exact) mass is 274 g/mol. The normalized spacial score (nSPS) is 37.3. The number of hydrogen-bond donors (Lipinski definition) is 1. The van der Waals surface area contributed by atoms with E-state index in [4.69, 9.17) is 34.2 Å². The molecule has 0 atom stereocenters. The number of halogens is 3. The number of piperazine rings is 1. The average molecular weight is 276 g/mol. The first-order valence-electron chi connectivity index (χ1n) is 7.79. The van der Waals surface area contributed by atoms with Crippen molar-refractivity contribution in [2.45, 2.75) is 0 Å². The number of rotatable bonds is 1. The second-order valence-corrected chi connectivity index (χ2v) is 3.32. The predicted molar refractivity (Wildman–Crippen MR) is 68.8 cm³/mol. The Bertz CT molecular complexity index is 564. The lowest BCUT2D eigenvalue weighted by Gasteiger charge is -2.30. The zero-order valence-electron chi connectivity index (χ0n) is 15.3. The van der Waals surface area contributed by atoms with Crippen molar-refractivity contribution in [3.05, 3.63) is 28.2 Å². The third-order valence-electron chi connectivity index (χ3n) is 1.62. The number of benzene rings is 1. The van der Waals surface area contributed by atoms with Crippen LogP contribution in [0.5, 0.6) is 0 Å². The van der Waals surface area contributed by atoms with Crippen LogP contribution in [0, 0.1) is 0 Å². The van der Waals surface area contributed by atoms with Crippen molar-refractivity contribution < 1.29 is 11.0 Å². The van der Waals surface area contributed by atoms with Crippen LogP contribution in [0.3, 0.4) is 0 Å². The highest BCUT2D eigenvalue weighted by Crippen LogP contribution is 2.33. The van der Waals surface area contributed by atoms with Gasteiger partial charge < -0.3 is 10.2 Å². The molecule has 0 aliphatic carbocycles. The summed E-state index contributed by atoms with van der Waals surface area (Å²) in [6.07, 6.45) is 0. The first-order chi connectivity index (χ1) is 9.76. The molecule has 1 heterocycles. The van der Waals surface area contributed by atoms with Crippen molar-refractivity contribution >= 4 is 41.3 Å². The highest BCUT2D eigenvalue weighted by Gasteiger charge is 2.15. The maximum absolute atomic E-state index is 7.98. The molecule has 1 aliphatic rings. The van der Waals surface area contributed by atoms with Gasteiger partial charge in [0.1, 0.15) is 0 Å². The average Bonchev–Trinajstić information content (AvgIpc) is 2.30. The second-order valence-electron chi connectivity index (χ2n) is 2.50. The largest absolute Gasteiger partial charge is 0.367 e. The molecular formula is C10H13Cl3N2. The Labute approximate surface area is 117 Å². The molecule has 1 N–H and O–H groups in total. The molecule has 2 rings (SSSR count). The lowest BCUT2D eigenvalue weighted by Crippen LogP contribution is -2.43. The summed E-state index contributed by atoms with van der Waals surface area (Å²) in [5.41, 5.74) is -0.310. The summed E-state index contributed by atoms with van der Waals surface area (Å²) in [4.78, 5) is 0.321. The van der Waals surface area contributed by atoms with Crippen LogP contribution in [-0.2, 0) is 0 Å². The molecule has 2 nitrogen and oxygen atoms in total. The van der Waals surface area contributed by atoms with Crippen molar-refractivity contribution in [2.24, 2.45) is 0 Å². The van der Waals surface area contributed by atoms with Crippen LogP contribution in [0.2, 0.25) is 10.0 Å². The molecule has 0 unspecified atom stereocenters. The van der Waals surface area contributed by atoms with Gasteiger partial charge in [0, 0.05) is 31.5 Å². The SMILES string of the molecule is Cl.[2H]C1([2H])NC([2H])([2H])C([2H])([2H])N(c2c(Cl)cccc2Cl)C1([2H])[2H]. The van der Waals surface area contributed by atoms with E-state index < -0.39 is 26.0 Å². The minimum absolute atomic E-state index is 0. The van der Waals surface area contributed by atoms with Gasteiger partial charge in [-0.2, -0.15) is 0 Å². The highest BCUT2D eigenvalue weighted by atomic mass is 35.5. The Hall–Kier alpha value is -0.150.